The highest BCUT2D eigenvalue weighted by atomic mass is 35.5. The van der Waals surface area contributed by atoms with E-state index in [9.17, 15) is 5.11 Å². The minimum absolute atomic E-state index is 0. The molecule has 0 heterocycles. The fraction of sp³-hybridized carbons (Fsp3) is 0.412. The molecule has 0 aliphatic rings. The maximum Gasteiger partial charge on any atom is 0.0781 e. The monoisotopic (exact) mass is 293 g/mol. The van der Waals surface area contributed by atoms with Crippen LogP contribution in [0.15, 0.2) is 36.4 Å². The third kappa shape index (κ3) is 3.14. The Labute approximate surface area is 127 Å². The molecule has 110 valence electrons. The Bertz CT molecular complexity index is 589. The SMILES string of the molecule is Cc1ccc([C@@H](N)[C@@H](O)C(C)(C)C)c2ccccc12.Cl. The van der Waals surface area contributed by atoms with Crippen molar-refractivity contribution >= 4 is 23.2 Å². The summed E-state index contributed by atoms with van der Waals surface area (Å²) >= 11 is 0. The maximum atomic E-state index is 10.4. The highest BCUT2D eigenvalue weighted by molar-refractivity contribution is 5.89. The molecule has 2 rings (SSSR count). The zero-order chi connectivity index (χ0) is 14.2. The first kappa shape index (κ1) is 17.0. The van der Waals surface area contributed by atoms with Crippen LogP contribution in [0.2, 0.25) is 0 Å². The van der Waals surface area contributed by atoms with Crippen LogP contribution in [0.5, 0.6) is 0 Å². The summed E-state index contributed by atoms with van der Waals surface area (Å²) < 4.78 is 0. The molecule has 0 aromatic heterocycles. The number of halogens is 1. The Hall–Kier alpha value is -1.09. The van der Waals surface area contributed by atoms with Gasteiger partial charge in [0.2, 0.25) is 0 Å². The van der Waals surface area contributed by atoms with Crippen molar-refractivity contribution in [2.45, 2.75) is 39.8 Å². The van der Waals surface area contributed by atoms with Gasteiger partial charge >= 0.3 is 0 Å². The number of aryl methyl sites for hydroxylation is 1. The number of fused-ring (bicyclic) bond motifs is 1. The van der Waals surface area contributed by atoms with Gasteiger partial charge in [-0.1, -0.05) is 57.2 Å². The molecule has 0 saturated carbocycles. The standard InChI is InChI=1S/C17H23NO.ClH/c1-11-9-10-14(13-8-6-5-7-12(11)13)15(18)16(19)17(2,3)4;/h5-10,15-16,19H,18H2,1-4H3;1H/t15-,16-;/m1./s1. The van der Waals surface area contributed by atoms with Crippen molar-refractivity contribution in [2.24, 2.45) is 11.1 Å². The van der Waals surface area contributed by atoms with Crippen LogP contribution in [-0.2, 0) is 0 Å². The van der Waals surface area contributed by atoms with Crippen molar-refractivity contribution in [1.82, 2.24) is 0 Å². The number of hydrogen-bond acceptors (Lipinski definition) is 2. The molecule has 0 unspecified atom stereocenters. The first-order valence-electron chi connectivity index (χ1n) is 6.74. The van der Waals surface area contributed by atoms with Crippen LogP contribution in [0.25, 0.3) is 10.8 Å². The van der Waals surface area contributed by atoms with Gasteiger partial charge in [0.15, 0.2) is 0 Å². The fourth-order valence-electron chi connectivity index (χ4n) is 2.47. The van der Waals surface area contributed by atoms with Gasteiger partial charge < -0.3 is 10.8 Å². The van der Waals surface area contributed by atoms with Gasteiger partial charge in [0.05, 0.1) is 12.1 Å². The van der Waals surface area contributed by atoms with E-state index < -0.39 is 6.10 Å². The highest BCUT2D eigenvalue weighted by Gasteiger charge is 2.29. The van der Waals surface area contributed by atoms with Crippen LogP contribution >= 0.6 is 12.4 Å². The van der Waals surface area contributed by atoms with Crippen molar-refractivity contribution < 1.29 is 5.11 Å². The van der Waals surface area contributed by atoms with E-state index in [1.807, 2.05) is 39.0 Å². The number of nitrogens with two attached hydrogens (primary N) is 1. The predicted octanol–water partition coefficient (Wildman–Crippen LogP) is 3.98. The van der Waals surface area contributed by atoms with Gasteiger partial charge in [0.25, 0.3) is 0 Å². The molecule has 0 amide bonds. The summed E-state index contributed by atoms with van der Waals surface area (Å²) in [7, 11) is 0. The predicted molar refractivity (Wildman–Crippen MR) is 88.3 cm³/mol. The van der Waals surface area contributed by atoms with E-state index in [0.717, 1.165) is 10.9 Å². The van der Waals surface area contributed by atoms with Crippen molar-refractivity contribution in [2.75, 3.05) is 0 Å². The van der Waals surface area contributed by atoms with Crippen molar-refractivity contribution in [3.8, 4) is 0 Å². The molecule has 2 nitrogen and oxygen atoms in total. The van der Waals surface area contributed by atoms with E-state index in [1.54, 1.807) is 0 Å². The van der Waals surface area contributed by atoms with E-state index in [4.69, 9.17) is 5.73 Å². The Morgan fingerprint density at radius 2 is 1.55 bits per heavy atom. The van der Waals surface area contributed by atoms with Crippen molar-refractivity contribution in [3.05, 3.63) is 47.5 Å². The number of rotatable bonds is 2. The molecule has 0 aliphatic heterocycles. The molecule has 0 saturated heterocycles. The molecule has 2 aromatic carbocycles. The number of hydrogen-bond donors (Lipinski definition) is 2. The van der Waals surface area contributed by atoms with Gasteiger partial charge in [-0.25, -0.2) is 0 Å². The second-order valence-corrected chi connectivity index (χ2v) is 6.35. The molecule has 0 bridgehead atoms. The largest absolute Gasteiger partial charge is 0.391 e. The minimum Gasteiger partial charge on any atom is -0.391 e. The van der Waals surface area contributed by atoms with E-state index >= 15 is 0 Å². The topological polar surface area (TPSA) is 46.2 Å². The molecule has 0 fully saturated rings. The lowest BCUT2D eigenvalue weighted by Gasteiger charge is -2.31. The summed E-state index contributed by atoms with van der Waals surface area (Å²) in [6.45, 7) is 8.12. The van der Waals surface area contributed by atoms with Crippen LogP contribution < -0.4 is 5.73 Å². The molecule has 3 N–H and O–H groups in total. The average Bonchev–Trinajstić information content (AvgIpc) is 2.37. The Balaban J connectivity index is 0.00000200. The molecule has 0 radical (unpaired) electrons. The van der Waals surface area contributed by atoms with E-state index in [-0.39, 0.29) is 23.9 Å². The Morgan fingerprint density at radius 1 is 1.00 bits per heavy atom. The lowest BCUT2D eigenvalue weighted by atomic mass is 9.81. The summed E-state index contributed by atoms with van der Waals surface area (Å²) in [4.78, 5) is 0. The molecule has 0 spiro atoms. The van der Waals surface area contributed by atoms with Crippen LogP contribution in [0, 0.1) is 12.3 Å². The third-order valence-corrected chi connectivity index (χ3v) is 3.76. The van der Waals surface area contributed by atoms with Crippen molar-refractivity contribution in [3.63, 3.8) is 0 Å². The molecular weight excluding hydrogens is 270 g/mol. The first-order chi connectivity index (χ1) is 8.82. The summed E-state index contributed by atoms with van der Waals surface area (Å²) in [5.41, 5.74) is 8.31. The number of aliphatic hydroxyl groups is 1. The number of benzene rings is 2. The lowest BCUT2D eigenvalue weighted by Crippen LogP contribution is -2.37. The zero-order valence-corrected chi connectivity index (χ0v) is 13.4. The quantitative estimate of drug-likeness (QED) is 0.880. The normalized spacial score (nSPS) is 14.7. The summed E-state index contributed by atoms with van der Waals surface area (Å²) in [5.74, 6) is 0. The first-order valence-corrected chi connectivity index (χ1v) is 6.74. The van der Waals surface area contributed by atoms with Crippen LogP contribution in [0.1, 0.15) is 37.9 Å². The molecular formula is C17H24ClNO. The molecule has 2 atom stereocenters. The number of aliphatic hydroxyl groups excluding tert-OH is 1. The van der Waals surface area contributed by atoms with Crippen LogP contribution in [0.4, 0.5) is 0 Å². The fourth-order valence-corrected chi connectivity index (χ4v) is 2.47. The molecule has 2 aromatic rings. The molecule has 0 aliphatic carbocycles. The average molecular weight is 294 g/mol. The second-order valence-electron chi connectivity index (χ2n) is 6.35. The van der Waals surface area contributed by atoms with E-state index in [1.165, 1.54) is 10.9 Å². The summed E-state index contributed by atoms with van der Waals surface area (Å²) in [6.07, 6.45) is -0.571. The van der Waals surface area contributed by atoms with Crippen molar-refractivity contribution in [1.29, 1.82) is 0 Å². The van der Waals surface area contributed by atoms with E-state index in [0.29, 0.717) is 0 Å². The minimum atomic E-state index is -0.571. The summed E-state index contributed by atoms with van der Waals surface area (Å²) in [5, 5.41) is 12.8. The highest BCUT2D eigenvalue weighted by Crippen LogP contribution is 2.33. The van der Waals surface area contributed by atoms with Crippen LogP contribution in [-0.4, -0.2) is 11.2 Å². The Kier molecular flexibility index (Phi) is 5.20. The second kappa shape index (κ2) is 6.13. The lowest BCUT2D eigenvalue weighted by molar-refractivity contribution is 0.0405. The van der Waals surface area contributed by atoms with Gasteiger partial charge in [0.1, 0.15) is 0 Å². The van der Waals surface area contributed by atoms with E-state index in [2.05, 4.69) is 25.1 Å². The zero-order valence-electron chi connectivity index (χ0n) is 12.6. The van der Waals surface area contributed by atoms with Gasteiger partial charge in [0, 0.05) is 0 Å². The third-order valence-electron chi connectivity index (χ3n) is 3.76. The maximum absolute atomic E-state index is 10.4. The molecule has 3 heteroatoms. The van der Waals surface area contributed by atoms with Crippen LogP contribution in [0.3, 0.4) is 0 Å². The van der Waals surface area contributed by atoms with Gasteiger partial charge in [-0.05, 0) is 34.2 Å². The van der Waals surface area contributed by atoms with Gasteiger partial charge in [-0.3, -0.25) is 0 Å². The molecule has 20 heavy (non-hydrogen) atoms. The van der Waals surface area contributed by atoms with Gasteiger partial charge in [-0.15, -0.1) is 12.4 Å². The van der Waals surface area contributed by atoms with Gasteiger partial charge in [-0.2, -0.15) is 0 Å². The summed E-state index contributed by atoms with van der Waals surface area (Å²) in [6, 6.07) is 12.0. The smallest absolute Gasteiger partial charge is 0.0781 e. The Morgan fingerprint density at radius 3 is 2.10 bits per heavy atom.